The molecule has 1 aromatic rings. The summed E-state index contributed by atoms with van der Waals surface area (Å²) >= 11 is 0. The first-order valence-electron chi connectivity index (χ1n) is 8.75. The quantitative estimate of drug-likeness (QED) is 0.731. The van der Waals surface area contributed by atoms with Gasteiger partial charge >= 0.3 is 0 Å². The van der Waals surface area contributed by atoms with Crippen molar-refractivity contribution in [3.05, 3.63) is 35.4 Å². The third kappa shape index (κ3) is 6.19. The standard InChI is InChI=1S/C19H32N2/c1-17(2)15-20-12-6-3-7-13-21-14-8-11-18-9-4-5-10-19(18)16-21/h4-5,9-10,17,20H,3,6-8,11-16H2,1-2H3. The predicted octanol–water partition coefficient (Wildman–Crippen LogP) is 3.85. The fourth-order valence-electron chi connectivity index (χ4n) is 3.11. The van der Waals surface area contributed by atoms with Crippen LogP contribution < -0.4 is 5.32 Å². The molecule has 0 unspecified atom stereocenters. The molecule has 0 saturated carbocycles. The summed E-state index contributed by atoms with van der Waals surface area (Å²) in [6.07, 6.45) is 6.57. The van der Waals surface area contributed by atoms with E-state index in [-0.39, 0.29) is 0 Å². The van der Waals surface area contributed by atoms with Crippen LogP contribution >= 0.6 is 0 Å². The highest BCUT2D eigenvalue weighted by atomic mass is 15.1. The molecule has 118 valence electrons. The minimum absolute atomic E-state index is 0.766. The molecule has 0 radical (unpaired) electrons. The van der Waals surface area contributed by atoms with Gasteiger partial charge in [-0.25, -0.2) is 0 Å². The molecule has 0 fully saturated rings. The van der Waals surface area contributed by atoms with E-state index in [1.54, 1.807) is 11.1 Å². The summed E-state index contributed by atoms with van der Waals surface area (Å²) in [5.41, 5.74) is 3.12. The van der Waals surface area contributed by atoms with Gasteiger partial charge in [0.1, 0.15) is 0 Å². The third-order valence-corrected chi connectivity index (χ3v) is 4.31. The number of nitrogens with one attached hydrogen (secondary N) is 1. The van der Waals surface area contributed by atoms with Crippen LogP contribution in [0.3, 0.4) is 0 Å². The zero-order chi connectivity index (χ0) is 14.9. The molecule has 2 nitrogen and oxygen atoms in total. The molecule has 0 bridgehead atoms. The van der Waals surface area contributed by atoms with Crippen molar-refractivity contribution >= 4 is 0 Å². The molecular formula is C19H32N2. The number of nitrogens with zero attached hydrogens (tertiary/aromatic N) is 1. The fourth-order valence-corrected chi connectivity index (χ4v) is 3.11. The van der Waals surface area contributed by atoms with Crippen LogP contribution in [0, 0.1) is 5.92 Å². The molecule has 0 aromatic heterocycles. The number of unbranched alkanes of at least 4 members (excludes halogenated alkanes) is 2. The molecule has 1 N–H and O–H groups in total. The molecule has 2 rings (SSSR count). The van der Waals surface area contributed by atoms with Crippen LogP contribution in [0.15, 0.2) is 24.3 Å². The molecule has 1 aliphatic heterocycles. The highest BCUT2D eigenvalue weighted by Gasteiger charge is 2.13. The number of fused-ring (bicyclic) bond motifs is 1. The third-order valence-electron chi connectivity index (χ3n) is 4.31. The number of rotatable bonds is 8. The van der Waals surface area contributed by atoms with Crippen LogP contribution in [0.2, 0.25) is 0 Å². The summed E-state index contributed by atoms with van der Waals surface area (Å²) in [7, 11) is 0. The van der Waals surface area contributed by atoms with Crippen molar-refractivity contribution in [2.24, 2.45) is 5.92 Å². The summed E-state index contributed by atoms with van der Waals surface area (Å²) < 4.78 is 0. The number of hydrogen-bond acceptors (Lipinski definition) is 2. The Kier molecular flexibility index (Phi) is 7.25. The maximum Gasteiger partial charge on any atom is 0.0236 e. The van der Waals surface area contributed by atoms with E-state index in [0.29, 0.717) is 0 Å². The zero-order valence-corrected chi connectivity index (χ0v) is 13.9. The van der Waals surface area contributed by atoms with Crippen molar-refractivity contribution in [1.29, 1.82) is 0 Å². The minimum Gasteiger partial charge on any atom is -0.316 e. The highest BCUT2D eigenvalue weighted by Crippen LogP contribution is 2.18. The molecule has 0 aliphatic carbocycles. The van der Waals surface area contributed by atoms with Crippen LogP contribution in [-0.4, -0.2) is 31.1 Å². The molecule has 1 heterocycles. The lowest BCUT2D eigenvalue weighted by Crippen LogP contribution is -2.25. The van der Waals surface area contributed by atoms with Gasteiger partial charge in [-0.3, -0.25) is 4.90 Å². The molecule has 0 spiro atoms. The van der Waals surface area contributed by atoms with E-state index in [0.717, 1.165) is 19.0 Å². The van der Waals surface area contributed by atoms with Crippen LogP contribution in [0.1, 0.15) is 50.7 Å². The Morgan fingerprint density at radius 1 is 1.10 bits per heavy atom. The van der Waals surface area contributed by atoms with E-state index in [4.69, 9.17) is 0 Å². The van der Waals surface area contributed by atoms with Crippen molar-refractivity contribution in [1.82, 2.24) is 10.2 Å². The van der Waals surface area contributed by atoms with Crippen molar-refractivity contribution < 1.29 is 0 Å². The topological polar surface area (TPSA) is 15.3 Å². The number of aryl methyl sites for hydroxylation is 1. The molecule has 2 heteroatoms. The number of benzene rings is 1. The van der Waals surface area contributed by atoms with Gasteiger partial charge < -0.3 is 5.32 Å². The normalized spacial score (nSPS) is 16.0. The molecule has 1 aliphatic rings. The largest absolute Gasteiger partial charge is 0.316 e. The first-order chi connectivity index (χ1) is 10.3. The van der Waals surface area contributed by atoms with Crippen LogP contribution in [-0.2, 0) is 13.0 Å². The summed E-state index contributed by atoms with van der Waals surface area (Å²) in [5, 5.41) is 3.53. The van der Waals surface area contributed by atoms with Gasteiger partial charge in [0.15, 0.2) is 0 Å². The Balaban J connectivity index is 1.61. The molecule has 21 heavy (non-hydrogen) atoms. The van der Waals surface area contributed by atoms with Crippen LogP contribution in [0.4, 0.5) is 0 Å². The Morgan fingerprint density at radius 3 is 2.71 bits per heavy atom. The first kappa shape index (κ1) is 16.5. The summed E-state index contributed by atoms with van der Waals surface area (Å²) in [6, 6.07) is 8.98. The van der Waals surface area contributed by atoms with E-state index in [2.05, 4.69) is 48.3 Å². The van der Waals surface area contributed by atoms with Gasteiger partial charge in [-0.05, 0) is 68.9 Å². The van der Waals surface area contributed by atoms with Gasteiger partial charge in [-0.15, -0.1) is 0 Å². The molecular weight excluding hydrogens is 256 g/mol. The van der Waals surface area contributed by atoms with Crippen molar-refractivity contribution in [2.45, 2.75) is 52.5 Å². The molecule has 0 saturated heterocycles. The second kappa shape index (κ2) is 9.22. The van der Waals surface area contributed by atoms with E-state index < -0.39 is 0 Å². The fraction of sp³-hybridized carbons (Fsp3) is 0.684. The second-order valence-corrected chi connectivity index (χ2v) is 6.81. The lowest BCUT2D eigenvalue weighted by molar-refractivity contribution is 0.263. The van der Waals surface area contributed by atoms with E-state index in [1.807, 2.05) is 0 Å². The maximum absolute atomic E-state index is 3.53. The van der Waals surface area contributed by atoms with Gasteiger partial charge in [0.05, 0.1) is 0 Å². The van der Waals surface area contributed by atoms with E-state index in [9.17, 15) is 0 Å². The Bertz CT molecular complexity index is 400. The SMILES string of the molecule is CC(C)CNCCCCCN1CCCc2ccccc2C1. The maximum atomic E-state index is 3.53. The molecule has 1 aromatic carbocycles. The van der Waals surface area contributed by atoms with Crippen molar-refractivity contribution in [3.63, 3.8) is 0 Å². The van der Waals surface area contributed by atoms with E-state index in [1.165, 1.54) is 51.7 Å². The first-order valence-corrected chi connectivity index (χ1v) is 8.75. The van der Waals surface area contributed by atoms with Crippen LogP contribution in [0.25, 0.3) is 0 Å². The average Bonchev–Trinajstić information content (AvgIpc) is 2.67. The smallest absolute Gasteiger partial charge is 0.0236 e. The lowest BCUT2D eigenvalue weighted by atomic mass is 10.0. The van der Waals surface area contributed by atoms with Crippen molar-refractivity contribution in [3.8, 4) is 0 Å². The van der Waals surface area contributed by atoms with Gasteiger partial charge in [0.25, 0.3) is 0 Å². The Hall–Kier alpha value is -0.860. The lowest BCUT2D eigenvalue weighted by Gasteiger charge is -2.20. The molecule has 0 amide bonds. The summed E-state index contributed by atoms with van der Waals surface area (Å²) in [6.45, 7) is 10.6. The summed E-state index contributed by atoms with van der Waals surface area (Å²) in [5.74, 6) is 0.766. The van der Waals surface area contributed by atoms with Gasteiger partial charge in [0.2, 0.25) is 0 Å². The van der Waals surface area contributed by atoms with Gasteiger partial charge in [-0.2, -0.15) is 0 Å². The molecule has 0 atom stereocenters. The highest BCUT2D eigenvalue weighted by molar-refractivity contribution is 5.27. The van der Waals surface area contributed by atoms with Gasteiger partial charge in [0, 0.05) is 6.54 Å². The Morgan fingerprint density at radius 2 is 1.90 bits per heavy atom. The predicted molar refractivity (Wildman–Crippen MR) is 91.6 cm³/mol. The average molecular weight is 288 g/mol. The summed E-state index contributed by atoms with van der Waals surface area (Å²) in [4.78, 5) is 2.65. The Labute approximate surface area is 130 Å². The second-order valence-electron chi connectivity index (χ2n) is 6.81. The monoisotopic (exact) mass is 288 g/mol. The van der Waals surface area contributed by atoms with Gasteiger partial charge in [-0.1, -0.05) is 44.5 Å². The van der Waals surface area contributed by atoms with Crippen LogP contribution in [0.5, 0.6) is 0 Å². The minimum atomic E-state index is 0.766. The van der Waals surface area contributed by atoms with E-state index >= 15 is 0 Å². The zero-order valence-electron chi connectivity index (χ0n) is 13.9. The number of hydrogen-bond donors (Lipinski definition) is 1. The van der Waals surface area contributed by atoms with Crippen molar-refractivity contribution in [2.75, 3.05) is 26.2 Å².